The lowest BCUT2D eigenvalue weighted by Gasteiger charge is -2.36. The molecule has 2 N–H and O–H groups in total. The standard InChI is InChI=1S/C29H21NO9/c1-36-25-11-16(22(30(34)35)14-26(25)37-2)10-15-4-3-5-21-27(15)28(33)39-29(21)19-8-6-17(31)12-23(19)38-24-13-18(32)7-9-20(24)29/h3-9,11-14,31-32H,10H2,1-2H3. The van der Waals surface area contributed by atoms with Crippen molar-refractivity contribution in [3.63, 3.8) is 0 Å². The van der Waals surface area contributed by atoms with Gasteiger partial charge in [-0.3, -0.25) is 10.1 Å². The molecule has 0 aliphatic carbocycles. The molecular formula is C29H21NO9. The Morgan fingerprint density at radius 3 is 2.05 bits per heavy atom. The maximum atomic E-state index is 13.6. The summed E-state index contributed by atoms with van der Waals surface area (Å²) in [6.07, 6.45) is 0.0341. The molecule has 196 valence electrons. The third-order valence-corrected chi connectivity index (χ3v) is 7.05. The van der Waals surface area contributed by atoms with Crippen molar-refractivity contribution in [3.8, 4) is 34.5 Å². The van der Waals surface area contributed by atoms with E-state index in [2.05, 4.69) is 0 Å². The summed E-state index contributed by atoms with van der Waals surface area (Å²) in [7, 11) is 2.83. The quantitative estimate of drug-likeness (QED) is 0.204. The summed E-state index contributed by atoms with van der Waals surface area (Å²) in [6, 6.07) is 17.0. The first-order chi connectivity index (χ1) is 18.8. The highest BCUT2D eigenvalue weighted by molar-refractivity contribution is 5.98. The molecule has 0 amide bonds. The van der Waals surface area contributed by atoms with Crippen molar-refractivity contribution < 1.29 is 38.9 Å². The monoisotopic (exact) mass is 527 g/mol. The van der Waals surface area contributed by atoms with Gasteiger partial charge in [-0.1, -0.05) is 18.2 Å². The molecule has 6 rings (SSSR count). The van der Waals surface area contributed by atoms with Gasteiger partial charge in [-0.25, -0.2) is 4.79 Å². The van der Waals surface area contributed by atoms with Gasteiger partial charge in [0.1, 0.15) is 23.0 Å². The Balaban J connectivity index is 1.57. The van der Waals surface area contributed by atoms with E-state index in [9.17, 15) is 25.1 Å². The minimum Gasteiger partial charge on any atom is -0.508 e. The first kappa shape index (κ1) is 24.1. The molecule has 0 aromatic heterocycles. The van der Waals surface area contributed by atoms with Crippen LogP contribution in [0, 0.1) is 10.1 Å². The lowest BCUT2D eigenvalue weighted by Crippen LogP contribution is -2.32. The summed E-state index contributed by atoms with van der Waals surface area (Å²) >= 11 is 0. The van der Waals surface area contributed by atoms with Gasteiger partial charge in [0.15, 0.2) is 17.1 Å². The van der Waals surface area contributed by atoms with Crippen LogP contribution < -0.4 is 14.2 Å². The zero-order valence-corrected chi connectivity index (χ0v) is 20.8. The summed E-state index contributed by atoms with van der Waals surface area (Å²) in [5.41, 5.74) is 0.964. The van der Waals surface area contributed by atoms with Gasteiger partial charge in [-0.05, 0) is 35.9 Å². The van der Waals surface area contributed by atoms with Crippen LogP contribution in [0.15, 0.2) is 66.7 Å². The zero-order valence-electron chi connectivity index (χ0n) is 20.8. The molecule has 0 saturated carbocycles. The van der Waals surface area contributed by atoms with Crippen LogP contribution in [0.4, 0.5) is 5.69 Å². The van der Waals surface area contributed by atoms with E-state index in [0.717, 1.165) is 0 Å². The summed E-state index contributed by atoms with van der Waals surface area (Å²) in [6.45, 7) is 0. The average molecular weight is 527 g/mol. The van der Waals surface area contributed by atoms with Crippen LogP contribution in [0.3, 0.4) is 0 Å². The van der Waals surface area contributed by atoms with E-state index in [1.54, 1.807) is 30.3 Å². The first-order valence-corrected chi connectivity index (χ1v) is 11.9. The zero-order chi connectivity index (χ0) is 27.5. The number of phenolic OH excluding ortho intramolecular Hbond substituents is 2. The molecule has 4 aromatic rings. The largest absolute Gasteiger partial charge is 0.508 e. The molecule has 1 spiro atoms. The second-order valence-electron chi connectivity index (χ2n) is 9.14. The van der Waals surface area contributed by atoms with Gasteiger partial charge in [0.2, 0.25) is 0 Å². The molecule has 0 radical (unpaired) electrons. The molecule has 0 atom stereocenters. The third-order valence-electron chi connectivity index (χ3n) is 7.05. The van der Waals surface area contributed by atoms with Crippen molar-refractivity contribution in [2.75, 3.05) is 14.2 Å². The van der Waals surface area contributed by atoms with Crippen LogP contribution in [-0.4, -0.2) is 35.3 Å². The number of fused-ring (bicyclic) bond motifs is 6. The number of hydrogen-bond donors (Lipinski definition) is 2. The number of rotatable bonds is 5. The molecule has 4 aromatic carbocycles. The Bertz CT molecular complexity index is 1640. The summed E-state index contributed by atoms with van der Waals surface area (Å²) < 4.78 is 22.7. The van der Waals surface area contributed by atoms with E-state index < -0.39 is 16.5 Å². The fourth-order valence-corrected chi connectivity index (χ4v) is 5.39. The van der Waals surface area contributed by atoms with Gasteiger partial charge in [-0.2, -0.15) is 0 Å². The fraction of sp³-hybridized carbons (Fsp3) is 0.138. The smallest absolute Gasteiger partial charge is 0.340 e. The number of carbonyl (C=O) groups is 1. The van der Waals surface area contributed by atoms with Crippen molar-refractivity contribution in [1.82, 2.24) is 0 Å². The number of nitro benzene ring substituents is 1. The number of ether oxygens (including phenoxy) is 4. The number of nitro groups is 1. The first-order valence-electron chi connectivity index (χ1n) is 11.9. The van der Waals surface area contributed by atoms with Gasteiger partial charge >= 0.3 is 5.97 Å². The number of nitrogens with zero attached hydrogens (tertiary/aromatic N) is 1. The minimum absolute atomic E-state index is 0.0341. The van der Waals surface area contributed by atoms with Gasteiger partial charge in [-0.15, -0.1) is 0 Å². The highest BCUT2D eigenvalue weighted by Gasteiger charge is 2.54. The number of esters is 1. The Hall–Kier alpha value is -5.25. The van der Waals surface area contributed by atoms with Crippen molar-refractivity contribution in [1.29, 1.82) is 0 Å². The molecule has 10 nitrogen and oxygen atoms in total. The molecule has 2 aliphatic rings. The number of aromatic hydroxyl groups is 2. The van der Waals surface area contributed by atoms with Crippen LogP contribution in [0.5, 0.6) is 34.5 Å². The molecular weight excluding hydrogens is 506 g/mol. The van der Waals surface area contributed by atoms with Gasteiger partial charge in [0.25, 0.3) is 5.69 Å². The lowest BCUT2D eigenvalue weighted by molar-refractivity contribution is -0.385. The summed E-state index contributed by atoms with van der Waals surface area (Å²) in [4.78, 5) is 25.0. The number of benzene rings is 4. The topological polar surface area (TPSA) is 138 Å². The fourth-order valence-electron chi connectivity index (χ4n) is 5.39. The Kier molecular flexibility index (Phi) is 5.35. The highest BCUT2D eigenvalue weighted by Crippen LogP contribution is 2.57. The van der Waals surface area contributed by atoms with E-state index in [1.165, 1.54) is 50.6 Å². The van der Waals surface area contributed by atoms with E-state index in [0.29, 0.717) is 33.6 Å². The SMILES string of the molecule is COc1cc(Cc2cccc3c2C(=O)OC32c3ccc(O)cc3Oc3cc(O)ccc32)c([N+](=O)[O-])cc1OC. The predicted molar refractivity (Wildman–Crippen MR) is 137 cm³/mol. The lowest BCUT2D eigenvalue weighted by atomic mass is 9.76. The maximum absolute atomic E-state index is 13.6. The normalized spacial score (nSPS) is 14.1. The molecule has 2 heterocycles. The van der Waals surface area contributed by atoms with Crippen LogP contribution >= 0.6 is 0 Å². The Morgan fingerprint density at radius 1 is 0.846 bits per heavy atom. The number of hydrogen-bond acceptors (Lipinski definition) is 9. The number of phenols is 2. The molecule has 0 bridgehead atoms. The molecule has 0 unspecified atom stereocenters. The van der Waals surface area contributed by atoms with Crippen LogP contribution in [-0.2, 0) is 16.8 Å². The van der Waals surface area contributed by atoms with E-state index in [1.807, 2.05) is 0 Å². The van der Waals surface area contributed by atoms with E-state index in [4.69, 9.17) is 18.9 Å². The summed E-state index contributed by atoms with van der Waals surface area (Å²) in [5, 5.41) is 32.1. The second-order valence-corrected chi connectivity index (χ2v) is 9.14. The number of carbonyl (C=O) groups excluding carboxylic acids is 1. The molecule has 2 aliphatic heterocycles. The van der Waals surface area contributed by atoms with Gasteiger partial charge in [0.05, 0.1) is 30.8 Å². The summed E-state index contributed by atoms with van der Waals surface area (Å²) in [5.74, 6) is 0.328. The predicted octanol–water partition coefficient (Wildman–Crippen LogP) is 5.18. The third kappa shape index (κ3) is 3.52. The molecule has 10 heteroatoms. The van der Waals surface area contributed by atoms with E-state index in [-0.39, 0.29) is 46.4 Å². The molecule has 0 fully saturated rings. The minimum atomic E-state index is -1.43. The van der Waals surface area contributed by atoms with Crippen LogP contribution in [0.2, 0.25) is 0 Å². The number of methoxy groups -OCH3 is 2. The van der Waals surface area contributed by atoms with Gasteiger partial charge in [0, 0.05) is 40.8 Å². The van der Waals surface area contributed by atoms with E-state index >= 15 is 0 Å². The van der Waals surface area contributed by atoms with Crippen molar-refractivity contribution in [2.24, 2.45) is 0 Å². The maximum Gasteiger partial charge on any atom is 0.340 e. The van der Waals surface area contributed by atoms with Gasteiger partial charge < -0.3 is 29.2 Å². The van der Waals surface area contributed by atoms with Crippen molar-refractivity contribution in [2.45, 2.75) is 12.0 Å². The Morgan fingerprint density at radius 2 is 1.46 bits per heavy atom. The highest BCUT2D eigenvalue weighted by atomic mass is 16.6. The Labute approximate surface area is 221 Å². The van der Waals surface area contributed by atoms with Crippen molar-refractivity contribution in [3.05, 3.63) is 110 Å². The average Bonchev–Trinajstić information content (AvgIpc) is 3.21. The molecule has 39 heavy (non-hydrogen) atoms. The van der Waals surface area contributed by atoms with Crippen molar-refractivity contribution >= 4 is 11.7 Å². The van der Waals surface area contributed by atoms with Crippen LogP contribution in [0.25, 0.3) is 0 Å². The van der Waals surface area contributed by atoms with Crippen LogP contribution in [0.1, 0.15) is 38.2 Å². The molecule has 0 saturated heterocycles. The second kappa shape index (κ2) is 8.66.